The van der Waals surface area contributed by atoms with Gasteiger partial charge in [0, 0.05) is 17.8 Å². The van der Waals surface area contributed by atoms with E-state index in [9.17, 15) is 9.50 Å². The molecule has 3 rings (SSSR count). The number of aromatic hydroxyl groups is 1. The van der Waals surface area contributed by atoms with Gasteiger partial charge in [0.1, 0.15) is 12.4 Å². The van der Waals surface area contributed by atoms with Gasteiger partial charge in [-0.2, -0.15) is 0 Å². The van der Waals surface area contributed by atoms with Crippen LogP contribution in [0, 0.1) is 5.82 Å². The van der Waals surface area contributed by atoms with Crippen LogP contribution in [0.3, 0.4) is 0 Å². The summed E-state index contributed by atoms with van der Waals surface area (Å²) < 4.78 is 26.2. The molecular weight excluding hydrogens is 496 g/mol. The fourth-order valence-electron chi connectivity index (χ4n) is 2.76. The first-order chi connectivity index (χ1) is 14.4. The molecule has 0 bridgehead atoms. The third-order valence-electron chi connectivity index (χ3n) is 4.21. The third kappa shape index (κ3) is 5.50. The van der Waals surface area contributed by atoms with Crippen LogP contribution in [0.4, 0.5) is 10.1 Å². The topological polar surface area (TPSA) is 50.7 Å². The van der Waals surface area contributed by atoms with Gasteiger partial charge in [-0.25, -0.2) is 4.39 Å². The maximum absolute atomic E-state index is 13.9. The second-order valence-electron chi connectivity index (χ2n) is 6.36. The molecule has 0 atom stereocenters. The smallest absolute Gasteiger partial charge is 0.175 e. The zero-order valence-electron chi connectivity index (χ0n) is 16.0. The molecule has 0 aliphatic carbocycles. The van der Waals surface area contributed by atoms with Gasteiger partial charge in [-0.15, -0.1) is 0 Å². The van der Waals surface area contributed by atoms with E-state index in [0.29, 0.717) is 40.4 Å². The maximum atomic E-state index is 13.9. The van der Waals surface area contributed by atoms with Crippen molar-refractivity contribution in [2.75, 3.05) is 11.9 Å². The Morgan fingerprint density at radius 1 is 1.07 bits per heavy atom. The first-order valence-corrected chi connectivity index (χ1v) is 10.7. The second-order valence-corrected chi connectivity index (χ2v) is 8.03. The minimum Gasteiger partial charge on any atom is -0.505 e. The van der Waals surface area contributed by atoms with Crippen LogP contribution in [0.5, 0.6) is 17.2 Å². The van der Waals surface area contributed by atoms with Gasteiger partial charge in [-0.1, -0.05) is 41.4 Å². The van der Waals surface area contributed by atoms with Gasteiger partial charge in [0.25, 0.3) is 0 Å². The Morgan fingerprint density at radius 3 is 2.43 bits per heavy atom. The molecule has 2 N–H and O–H groups in total. The zero-order chi connectivity index (χ0) is 21.7. The van der Waals surface area contributed by atoms with Crippen molar-refractivity contribution in [1.82, 2.24) is 0 Å². The SMILES string of the molecule is CCOc1cc(CNc2cc(Cl)c(O)c(Cl)c2)cc(Br)c1OCc1ccccc1F. The molecule has 3 aromatic rings. The maximum Gasteiger partial charge on any atom is 0.175 e. The van der Waals surface area contributed by atoms with Crippen LogP contribution in [0.25, 0.3) is 0 Å². The largest absolute Gasteiger partial charge is 0.505 e. The fraction of sp³-hybridized carbons (Fsp3) is 0.182. The van der Waals surface area contributed by atoms with E-state index in [1.165, 1.54) is 6.07 Å². The van der Waals surface area contributed by atoms with E-state index in [1.807, 2.05) is 19.1 Å². The monoisotopic (exact) mass is 513 g/mol. The lowest BCUT2D eigenvalue weighted by Gasteiger charge is -2.16. The van der Waals surface area contributed by atoms with Crippen molar-refractivity contribution in [3.05, 3.63) is 80.0 Å². The highest BCUT2D eigenvalue weighted by Crippen LogP contribution is 2.38. The number of halogens is 4. The molecule has 0 fully saturated rings. The lowest BCUT2D eigenvalue weighted by molar-refractivity contribution is 0.264. The Labute approximate surface area is 192 Å². The Kier molecular flexibility index (Phi) is 7.69. The molecule has 0 heterocycles. The third-order valence-corrected chi connectivity index (χ3v) is 5.38. The molecule has 0 unspecified atom stereocenters. The van der Waals surface area contributed by atoms with Crippen molar-refractivity contribution in [2.24, 2.45) is 0 Å². The van der Waals surface area contributed by atoms with Crippen LogP contribution < -0.4 is 14.8 Å². The van der Waals surface area contributed by atoms with Gasteiger partial charge in [0.05, 0.1) is 21.1 Å². The fourth-order valence-corrected chi connectivity index (χ4v) is 3.85. The molecule has 0 saturated carbocycles. The first-order valence-electron chi connectivity index (χ1n) is 9.12. The highest BCUT2D eigenvalue weighted by molar-refractivity contribution is 9.10. The molecule has 0 saturated heterocycles. The number of hydrogen-bond donors (Lipinski definition) is 2. The molecule has 3 aromatic carbocycles. The number of ether oxygens (including phenoxy) is 2. The average molecular weight is 515 g/mol. The Bertz CT molecular complexity index is 1030. The highest BCUT2D eigenvalue weighted by atomic mass is 79.9. The lowest BCUT2D eigenvalue weighted by atomic mass is 10.2. The van der Waals surface area contributed by atoms with Crippen molar-refractivity contribution in [3.63, 3.8) is 0 Å². The summed E-state index contributed by atoms with van der Waals surface area (Å²) in [5.74, 6) is 0.571. The predicted octanol–water partition coefficient (Wildman–Crippen LogP) is 7.19. The molecule has 30 heavy (non-hydrogen) atoms. The van der Waals surface area contributed by atoms with E-state index in [0.717, 1.165) is 5.56 Å². The van der Waals surface area contributed by atoms with E-state index < -0.39 is 0 Å². The first kappa shape index (κ1) is 22.5. The van der Waals surface area contributed by atoms with E-state index in [2.05, 4.69) is 21.2 Å². The zero-order valence-corrected chi connectivity index (χ0v) is 19.1. The number of hydrogen-bond acceptors (Lipinski definition) is 4. The number of rotatable bonds is 8. The second kappa shape index (κ2) is 10.2. The van der Waals surface area contributed by atoms with Crippen molar-refractivity contribution in [2.45, 2.75) is 20.1 Å². The van der Waals surface area contributed by atoms with Crippen molar-refractivity contribution >= 4 is 44.8 Å². The number of phenolic OH excluding ortho intramolecular Hbond substituents is 1. The van der Waals surface area contributed by atoms with Gasteiger partial charge in [-0.05, 0) is 58.7 Å². The molecular formula is C22H19BrCl2FNO3. The van der Waals surface area contributed by atoms with Crippen LogP contribution in [-0.4, -0.2) is 11.7 Å². The van der Waals surface area contributed by atoms with Crippen molar-refractivity contribution in [1.29, 1.82) is 0 Å². The lowest BCUT2D eigenvalue weighted by Crippen LogP contribution is -2.05. The van der Waals surface area contributed by atoms with E-state index in [1.54, 1.807) is 30.3 Å². The molecule has 4 nitrogen and oxygen atoms in total. The number of phenols is 1. The van der Waals surface area contributed by atoms with Crippen LogP contribution in [0.1, 0.15) is 18.1 Å². The molecule has 0 aliphatic heterocycles. The summed E-state index contributed by atoms with van der Waals surface area (Å²) in [6, 6.07) is 13.4. The molecule has 0 amide bonds. The Morgan fingerprint density at radius 2 is 1.77 bits per heavy atom. The molecule has 8 heteroatoms. The number of nitrogens with one attached hydrogen (secondary N) is 1. The van der Waals surface area contributed by atoms with Gasteiger partial charge in [0.15, 0.2) is 17.2 Å². The van der Waals surface area contributed by atoms with Crippen LogP contribution in [0.15, 0.2) is 53.0 Å². The molecule has 0 radical (unpaired) electrons. The van der Waals surface area contributed by atoms with E-state index in [4.69, 9.17) is 32.7 Å². The summed E-state index contributed by atoms with van der Waals surface area (Å²) in [6.07, 6.45) is 0. The standard InChI is InChI=1S/C22H19BrCl2FNO3/c1-2-29-20-8-13(11-27-15-9-17(24)21(28)18(25)10-15)7-16(23)22(20)30-12-14-5-3-4-6-19(14)26/h3-10,27-28H,2,11-12H2,1H3. The highest BCUT2D eigenvalue weighted by Gasteiger charge is 2.14. The molecule has 0 aliphatic rings. The van der Waals surface area contributed by atoms with Crippen LogP contribution >= 0.6 is 39.1 Å². The average Bonchev–Trinajstić information content (AvgIpc) is 2.71. The van der Waals surface area contributed by atoms with Crippen LogP contribution in [0.2, 0.25) is 10.0 Å². The predicted molar refractivity (Wildman–Crippen MR) is 121 cm³/mol. The molecule has 0 aromatic heterocycles. The summed E-state index contributed by atoms with van der Waals surface area (Å²) in [6.45, 7) is 2.85. The van der Waals surface area contributed by atoms with Gasteiger partial charge >= 0.3 is 0 Å². The van der Waals surface area contributed by atoms with Gasteiger partial charge in [0.2, 0.25) is 0 Å². The van der Waals surface area contributed by atoms with E-state index >= 15 is 0 Å². The quantitative estimate of drug-likeness (QED) is 0.312. The minimum absolute atomic E-state index is 0.0768. The minimum atomic E-state index is -0.321. The van der Waals surface area contributed by atoms with E-state index in [-0.39, 0.29) is 28.2 Å². The van der Waals surface area contributed by atoms with Crippen molar-refractivity contribution < 1.29 is 19.0 Å². The summed E-state index contributed by atoms with van der Waals surface area (Å²) in [7, 11) is 0. The van der Waals surface area contributed by atoms with Gasteiger partial charge in [-0.3, -0.25) is 0 Å². The van der Waals surface area contributed by atoms with Gasteiger partial charge < -0.3 is 19.9 Å². The van der Waals surface area contributed by atoms with Crippen LogP contribution in [-0.2, 0) is 13.2 Å². The number of benzene rings is 3. The molecule has 0 spiro atoms. The Hall–Kier alpha value is -2.15. The summed E-state index contributed by atoms with van der Waals surface area (Å²) in [5, 5.41) is 13.2. The Balaban J connectivity index is 1.78. The summed E-state index contributed by atoms with van der Waals surface area (Å²) in [5.41, 5.74) is 2.03. The number of anilines is 1. The molecule has 158 valence electrons. The normalized spacial score (nSPS) is 10.7. The van der Waals surface area contributed by atoms with Crippen molar-refractivity contribution in [3.8, 4) is 17.2 Å². The summed E-state index contributed by atoms with van der Waals surface area (Å²) >= 11 is 15.4. The summed E-state index contributed by atoms with van der Waals surface area (Å²) in [4.78, 5) is 0.